The highest BCUT2D eigenvalue weighted by atomic mass is 16.5. The Balaban J connectivity index is 3.56. The fraction of sp³-hybridized carbons (Fsp3) is 0.895. The van der Waals surface area contributed by atoms with Crippen molar-refractivity contribution in [3.63, 3.8) is 0 Å². The lowest BCUT2D eigenvalue weighted by Crippen LogP contribution is -2.16. The number of hydrogen-bond acceptors (Lipinski definition) is 4. The molecule has 0 amide bonds. The molecule has 0 aromatic carbocycles. The highest BCUT2D eigenvalue weighted by molar-refractivity contribution is 5.69. The van der Waals surface area contributed by atoms with Gasteiger partial charge in [0.15, 0.2) is 0 Å². The van der Waals surface area contributed by atoms with Crippen molar-refractivity contribution in [2.45, 2.75) is 92.1 Å². The van der Waals surface area contributed by atoms with E-state index in [4.69, 9.17) is 9.47 Å². The summed E-state index contributed by atoms with van der Waals surface area (Å²) in [7, 11) is 0. The van der Waals surface area contributed by atoms with Gasteiger partial charge in [0.25, 0.3) is 0 Å². The third kappa shape index (κ3) is 15.6. The maximum Gasteiger partial charge on any atom is 0.306 e. The second-order valence-corrected chi connectivity index (χ2v) is 7.24. The third-order valence-electron chi connectivity index (χ3n) is 3.68. The van der Waals surface area contributed by atoms with E-state index in [1.807, 2.05) is 6.92 Å². The molecule has 136 valence electrons. The van der Waals surface area contributed by atoms with Crippen LogP contribution in [0, 0.1) is 11.8 Å². The van der Waals surface area contributed by atoms with Crippen molar-refractivity contribution >= 4 is 11.9 Å². The van der Waals surface area contributed by atoms with Gasteiger partial charge in [-0.1, -0.05) is 40.5 Å². The number of ether oxygens (including phenoxy) is 2. The monoisotopic (exact) mass is 328 g/mol. The molecule has 0 N–H and O–H groups in total. The highest BCUT2D eigenvalue weighted by Gasteiger charge is 2.10. The van der Waals surface area contributed by atoms with Gasteiger partial charge in [0.2, 0.25) is 0 Å². The molecule has 4 nitrogen and oxygen atoms in total. The van der Waals surface area contributed by atoms with Crippen LogP contribution in [0.2, 0.25) is 0 Å². The standard InChI is InChI=1S/C19H36O4/c1-15(2)9-6-12-18(20)22-14-8-11-17(5)23-19(21)13-7-10-16(3)4/h15-17H,6-14H2,1-5H3. The van der Waals surface area contributed by atoms with Gasteiger partial charge in [0, 0.05) is 12.8 Å². The SMILES string of the molecule is CC(C)CCCC(=O)OCCCC(C)OC(=O)CCCC(C)C. The summed E-state index contributed by atoms with van der Waals surface area (Å²) in [6.07, 6.45) is 6.23. The molecular weight excluding hydrogens is 292 g/mol. The zero-order chi connectivity index (χ0) is 17.7. The quantitative estimate of drug-likeness (QED) is 0.356. The van der Waals surface area contributed by atoms with E-state index < -0.39 is 0 Å². The van der Waals surface area contributed by atoms with E-state index in [0.29, 0.717) is 31.3 Å². The van der Waals surface area contributed by atoms with Crippen molar-refractivity contribution in [3.8, 4) is 0 Å². The van der Waals surface area contributed by atoms with Crippen molar-refractivity contribution in [2.75, 3.05) is 6.61 Å². The summed E-state index contributed by atoms with van der Waals surface area (Å²) in [4.78, 5) is 23.2. The molecule has 0 spiro atoms. The van der Waals surface area contributed by atoms with Gasteiger partial charge in [0.1, 0.15) is 0 Å². The fourth-order valence-electron chi connectivity index (χ4n) is 2.28. The molecule has 0 saturated carbocycles. The van der Waals surface area contributed by atoms with E-state index in [1.165, 1.54) is 0 Å². The Morgan fingerprint density at radius 3 is 1.78 bits per heavy atom. The van der Waals surface area contributed by atoms with E-state index in [1.54, 1.807) is 0 Å². The first-order valence-corrected chi connectivity index (χ1v) is 9.16. The van der Waals surface area contributed by atoms with Crippen LogP contribution in [0.4, 0.5) is 0 Å². The molecule has 0 saturated heterocycles. The van der Waals surface area contributed by atoms with Gasteiger partial charge >= 0.3 is 11.9 Å². The van der Waals surface area contributed by atoms with Crippen LogP contribution in [0.15, 0.2) is 0 Å². The summed E-state index contributed by atoms with van der Waals surface area (Å²) in [6, 6.07) is 0. The second-order valence-electron chi connectivity index (χ2n) is 7.24. The van der Waals surface area contributed by atoms with Crippen molar-refractivity contribution in [1.29, 1.82) is 0 Å². The second kappa shape index (κ2) is 13.4. The molecule has 0 bridgehead atoms. The van der Waals surface area contributed by atoms with Crippen LogP contribution in [0.5, 0.6) is 0 Å². The van der Waals surface area contributed by atoms with E-state index in [-0.39, 0.29) is 18.0 Å². The highest BCUT2D eigenvalue weighted by Crippen LogP contribution is 2.10. The molecule has 23 heavy (non-hydrogen) atoms. The van der Waals surface area contributed by atoms with Crippen LogP contribution >= 0.6 is 0 Å². The minimum atomic E-state index is -0.121. The van der Waals surface area contributed by atoms with Gasteiger partial charge in [-0.2, -0.15) is 0 Å². The van der Waals surface area contributed by atoms with Crippen molar-refractivity contribution in [1.82, 2.24) is 0 Å². The predicted molar refractivity (Wildman–Crippen MR) is 93.1 cm³/mol. The van der Waals surface area contributed by atoms with Crippen LogP contribution in [0.3, 0.4) is 0 Å². The summed E-state index contributed by atoms with van der Waals surface area (Å²) in [5.74, 6) is 1.00. The van der Waals surface area contributed by atoms with Crippen molar-refractivity contribution in [3.05, 3.63) is 0 Å². The normalized spacial score (nSPS) is 12.5. The minimum Gasteiger partial charge on any atom is -0.466 e. The van der Waals surface area contributed by atoms with Gasteiger partial charge in [0.05, 0.1) is 12.7 Å². The number of rotatable bonds is 13. The summed E-state index contributed by atoms with van der Waals surface area (Å²) in [6.45, 7) is 10.9. The Labute approximate surface area is 142 Å². The van der Waals surface area contributed by atoms with Crippen LogP contribution in [-0.2, 0) is 19.1 Å². The van der Waals surface area contributed by atoms with Gasteiger partial charge in [-0.05, 0) is 44.4 Å². The smallest absolute Gasteiger partial charge is 0.306 e. The third-order valence-corrected chi connectivity index (χ3v) is 3.68. The number of carbonyl (C=O) groups excluding carboxylic acids is 2. The first-order valence-electron chi connectivity index (χ1n) is 9.16. The summed E-state index contributed by atoms with van der Waals surface area (Å²) in [5, 5.41) is 0. The Kier molecular flexibility index (Phi) is 12.8. The molecule has 0 aliphatic heterocycles. The van der Waals surface area contributed by atoms with Gasteiger partial charge < -0.3 is 9.47 Å². The Morgan fingerprint density at radius 2 is 1.26 bits per heavy atom. The number of carbonyl (C=O) groups is 2. The maximum atomic E-state index is 11.6. The maximum absolute atomic E-state index is 11.6. The van der Waals surface area contributed by atoms with Gasteiger partial charge in [-0.3, -0.25) is 9.59 Å². The van der Waals surface area contributed by atoms with E-state index in [9.17, 15) is 9.59 Å². The zero-order valence-electron chi connectivity index (χ0n) is 15.7. The van der Waals surface area contributed by atoms with Crippen LogP contribution in [-0.4, -0.2) is 24.6 Å². The topological polar surface area (TPSA) is 52.6 Å². The Hall–Kier alpha value is -1.06. The molecule has 0 aliphatic rings. The molecule has 0 aromatic heterocycles. The summed E-state index contributed by atoms with van der Waals surface area (Å²) >= 11 is 0. The summed E-state index contributed by atoms with van der Waals surface area (Å²) in [5.41, 5.74) is 0. The number of hydrogen-bond donors (Lipinski definition) is 0. The number of esters is 2. The van der Waals surface area contributed by atoms with Gasteiger partial charge in [-0.25, -0.2) is 0 Å². The minimum absolute atomic E-state index is 0.110. The fourth-order valence-corrected chi connectivity index (χ4v) is 2.28. The Morgan fingerprint density at radius 1 is 0.739 bits per heavy atom. The lowest BCUT2D eigenvalue weighted by Gasteiger charge is -2.13. The van der Waals surface area contributed by atoms with Crippen LogP contribution in [0.25, 0.3) is 0 Å². The Bertz CT molecular complexity index is 323. The van der Waals surface area contributed by atoms with Crippen LogP contribution in [0.1, 0.15) is 86.0 Å². The lowest BCUT2D eigenvalue weighted by atomic mass is 10.1. The molecule has 0 aliphatic carbocycles. The molecule has 1 unspecified atom stereocenters. The molecule has 4 heteroatoms. The molecule has 0 rings (SSSR count). The molecule has 0 heterocycles. The lowest BCUT2D eigenvalue weighted by molar-refractivity contribution is -0.150. The van der Waals surface area contributed by atoms with E-state index >= 15 is 0 Å². The van der Waals surface area contributed by atoms with Crippen molar-refractivity contribution in [2.24, 2.45) is 11.8 Å². The molecule has 1 atom stereocenters. The van der Waals surface area contributed by atoms with Crippen molar-refractivity contribution < 1.29 is 19.1 Å². The van der Waals surface area contributed by atoms with E-state index in [0.717, 1.165) is 38.5 Å². The molecular formula is C19H36O4. The first kappa shape index (κ1) is 21.9. The van der Waals surface area contributed by atoms with Gasteiger partial charge in [-0.15, -0.1) is 0 Å². The molecule has 0 radical (unpaired) electrons. The molecule has 0 fully saturated rings. The average Bonchev–Trinajstić information content (AvgIpc) is 2.42. The average molecular weight is 328 g/mol. The first-order chi connectivity index (χ1) is 10.8. The largest absolute Gasteiger partial charge is 0.466 e. The zero-order valence-corrected chi connectivity index (χ0v) is 15.7. The van der Waals surface area contributed by atoms with E-state index in [2.05, 4.69) is 27.7 Å². The predicted octanol–water partition coefficient (Wildman–Crippen LogP) is 4.89. The molecule has 0 aromatic rings. The summed E-state index contributed by atoms with van der Waals surface area (Å²) < 4.78 is 10.5. The van der Waals surface area contributed by atoms with Crippen LogP contribution < -0.4 is 0 Å².